The van der Waals surface area contributed by atoms with Gasteiger partial charge in [-0.25, -0.2) is 4.79 Å². The number of halogens is 2. The number of allylic oxidation sites excluding steroid dienone is 1. The first-order valence-electron chi connectivity index (χ1n) is 3.82. The fourth-order valence-electron chi connectivity index (χ4n) is 0.651. The van der Waals surface area contributed by atoms with Crippen LogP contribution < -0.4 is 0 Å². The van der Waals surface area contributed by atoms with Gasteiger partial charge < -0.3 is 9.84 Å². The van der Waals surface area contributed by atoms with E-state index >= 15 is 0 Å². The summed E-state index contributed by atoms with van der Waals surface area (Å²) in [6.45, 7) is 2.73. The van der Waals surface area contributed by atoms with Gasteiger partial charge in [0.15, 0.2) is 0 Å². The van der Waals surface area contributed by atoms with Crippen molar-refractivity contribution in [2.24, 2.45) is 0 Å². The fourth-order valence-corrected chi connectivity index (χ4v) is 0.651. The smallest absolute Gasteiger partial charge is 0.380 e. The van der Waals surface area contributed by atoms with E-state index in [1.54, 1.807) is 0 Å². The number of hydrogen-bond donors (Lipinski definition) is 1. The third kappa shape index (κ3) is 3.10. The van der Waals surface area contributed by atoms with Gasteiger partial charge in [0.1, 0.15) is 6.10 Å². The molecule has 13 heavy (non-hydrogen) atoms. The van der Waals surface area contributed by atoms with Crippen molar-refractivity contribution in [3.63, 3.8) is 0 Å². The number of alkyl halides is 2. The Morgan fingerprint density at radius 1 is 1.69 bits per heavy atom. The van der Waals surface area contributed by atoms with E-state index in [4.69, 9.17) is 5.11 Å². The lowest BCUT2D eigenvalue weighted by Gasteiger charge is -2.17. The predicted molar refractivity (Wildman–Crippen MR) is 42.4 cm³/mol. The van der Waals surface area contributed by atoms with Crippen molar-refractivity contribution in [2.75, 3.05) is 6.61 Å². The normalized spacial score (nSPS) is 14.5. The van der Waals surface area contributed by atoms with Gasteiger partial charge in [-0.3, -0.25) is 0 Å². The molecule has 0 rings (SSSR count). The van der Waals surface area contributed by atoms with E-state index in [1.807, 2.05) is 0 Å². The Morgan fingerprint density at radius 3 is 2.62 bits per heavy atom. The highest BCUT2D eigenvalue weighted by atomic mass is 19.3. The molecule has 0 fully saturated rings. The van der Waals surface area contributed by atoms with Crippen molar-refractivity contribution in [1.29, 1.82) is 0 Å². The second-order valence-corrected chi connectivity index (χ2v) is 2.31. The molecular weight excluding hydrogens is 182 g/mol. The van der Waals surface area contributed by atoms with Crippen molar-refractivity contribution in [2.45, 2.75) is 25.9 Å². The Bertz CT molecular complexity index is 202. The molecule has 3 nitrogen and oxygen atoms in total. The van der Waals surface area contributed by atoms with E-state index in [0.717, 1.165) is 6.08 Å². The van der Waals surface area contributed by atoms with Crippen LogP contribution in [0.25, 0.3) is 0 Å². The molecule has 0 aromatic heterocycles. The van der Waals surface area contributed by atoms with E-state index in [1.165, 1.54) is 19.9 Å². The van der Waals surface area contributed by atoms with Crippen LogP contribution in [-0.4, -0.2) is 29.7 Å². The molecule has 0 spiro atoms. The summed E-state index contributed by atoms with van der Waals surface area (Å²) in [5.41, 5.74) is 0. The van der Waals surface area contributed by atoms with Crippen molar-refractivity contribution in [1.82, 2.24) is 0 Å². The molecule has 1 unspecified atom stereocenters. The minimum Gasteiger partial charge on any atom is -0.461 e. The zero-order chi connectivity index (χ0) is 10.5. The number of aliphatic hydroxyl groups excluding tert-OH is 1. The number of aliphatic hydroxyl groups is 1. The highest BCUT2D eigenvalue weighted by Gasteiger charge is 2.46. The number of rotatable bonds is 4. The maximum Gasteiger partial charge on any atom is 0.380 e. The number of ether oxygens (including phenoxy) is 1. The van der Waals surface area contributed by atoms with E-state index in [-0.39, 0.29) is 6.61 Å². The zero-order valence-corrected chi connectivity index (χ0v) is 7.46. The zero-order valence-electron chi connectivity index (χ0n) is 7.46. The number of hydrogen-bond acceptors (Lipinski definition) is 3. The van der Waals surface area contributed by atoms with Crippen LogP contribution in [0.2, 0.25) is 0 Å². The van der Waals surface area contributed by atoms with Crippen LogP contribution in [0.1, 0.15) is 13.8 Å². The van der Waals surface area contributed by atoms with Gasteiger partial charge in [-0.05, 0) is 13.8 Å². The van der Waals surface area contributed by atoms with Gasteiger partial charge in [-0.15, -0.1) is 0 Å². The Morgan fingerprint density at radius 2 is 2.23 bits per heavy atom. The molecule has 0 bridgehead atoms. The molecule has 0 saturated heterocycles. The van der Waals surface area contributed by atoms with Gasteiger partial charge in [-0.1, -0.05) is 12.2 Å². The van der Waals surface area contributed by atoms with Crippen LogP contribution in [0.4, 0.5) is 8.78 Å². The second kappa shape index (κ2) is 4.91. The molecule has 0 aliphatic carbocycles. The molecule has 0 amide bonds. The van der Waals surface area contributed by atoms with E-state index in [0.29, 0.717) is 0 Å². The lowest BCUT2D eigenvalue weighted by Crippen LogP contribution is -2.41. The van der Waals surface area contributed by atoms with Gasteiger partial charge >= 0.3 is 11.9 Å². The van der Waals surface area contributed by atoms with Crippen LogP contribution in [-0.2, 0) is 9.53 Å². The molecule has 5 heteroatoms. The van der Waals surface area contributed by atoms with E-state index in [2.05, 4.69) is 4.74 Å². The van der Waals surface area contributed by atoms with Crippen molar-refractivity contribution in [3.8, 4) is 0 Å². The van der Waals surface area contributed by atoms with Crippen molar-refractivity contribution >= 4 is 5.97 Å². The number of esters is 1. The number of carbonyl (C=O) groups excluding carboxylic acids is 1. The third-order valence-electron chi connectivity index (χ3n) is 1.29. The lowest BCUT2D eigenvalue weighted by atomic mass is 10.2. The lowest BCUT2D eigenvalue weighted by molar-refractivity contribution is -0.183. The van der Waals surface area contributed by atoms with Crippen LogP contribution in [0.15, 0.2) is 12.2 Å². The molecular formula is C8H12F2O3. The average molecular weight is 194 g/mol. The summed E-state index contributed by atoms with van der Waals surface area (Å²) >= 11 is 0. The van der Waals surface area contributed by atoms with Gasteiger partial charge in [0, 0.05) is 0 Å². The molecule has 76 valence electrons. The van der Waals surface area contributed by atoms with Crippen LogP contribution in [0.3, 0.4) is 0 Å². The first kappa shape index (κ1) is 12.0. The largest absolute Gasteiger partial charge is 0.461 e. The molecule has 0 aromatic carbocycles. The quantitative estimate of drug-likeness (QED) is 0.539. The van der Waals surface area contributed by atoms with Gasteiger partial charge in [0.05, 0.1) is 6.61 Å². The summed E-state index contributed by atoms with van der Waals surface area (Å²) in [7, 11) is 0. The average Bonchev–Trinajstić information content (AvgIpc) is 2.05. The molecule has 0 aromatic rings. The molecule has 1 N–H and O–H groups in total. The summed E-state index contributed by atoms with van der Waals surface area (Å²) in [5, 5.41) is 8.84. The summed E-state index contributed by atoms with van der Waals surface area (Å²) < 4.78 is 29.7. The summed E-state index contributed by atoms with van der Waals surface area (Å²) in [6.07, 6.45) is -0.0640. The Balaban J connectivity index is 4.44. The molecule has 1 atom stereocenters. The second-order valence-electron chi connectivity index (χ2n) is 2.31. The topological polar surface area (TPSA) is 46.5 Å². The fraction of sp³-hybridized carbons (Fsp3) is 0.625. The standard InChI is InChI=1S/C8H12F2O3/c1-3-5-6(11)8(9,10)7(12)13-4-2/h3,5-6,11H,4H2,1-2H3/b5-3+. The molecule has 0 heterocycles. The first-order chi connectivity index (χ1) is 5.96. The minimum absolute atomic E-state index is 0.142. The Labute approximate surface area is 75.0 Å². The van der Waals surface area contributed by atoms with Crippen molar-refractivity contribution in [3.05, 3.63) is 12.2 Å². The predicted octanol–water partition coefficient (Wildman–Crippen LogP) is 1.12. The summed E-state index contributed by atoms with van der Waals surface area (Å²) in [4.78, 5) is 10.6. The van der Waals surface area contributed by atoms with Crippen LogP contribution in [0, 0.1) is 0 Å². The Hall–Kier alpha value is -0.970. The van der Waals surface area contributed by atoms with Gasteiger partial charge in [-0.2, -0.15) is 8.78 Å². The maximum absolute atomic E-state index is 12.8. The van der Waals surface area contributed by atoms with E-state index in [9.17, 15) is 13.6 Å². The highest BCUT2D eigenvalue weighted by molar-refractivity contribution is 5.78. The van der Waals surface area contributed by atoms with Gasteiger partial charge in [0.2, 0.25) is 0 Å². The first-order valence-corrected chi connectivity index (χ1v) is 3.82. The minimum atomic E-state index is -3.87. The molecule has 0 aliphatic rings. The van der Waals surface area contributed by atoms with Gasteiger partial charge in [0.25, 0.3) is 0 Å². The van der Waals surface area contributed by atoms with Crippen LogP contribution >= 0.6 is 0 Å². The SMILES string of the molecule is C/C=C/C(O)C(F)(F)C(=O)OCC. The van der Waals surface area contributed by atoms with E-state index < -0.39 is 18.0 Å². The summed E-state index contributed by atoms with van der Waals surface area (Å²) in [6, 6.07) is 0. The molecule has 0 aliphatic heterocycles. The van der Waals surface area contributed by atoms with Crippen LogP contribution in [0.5, 0.6) is 0 Å². The molecule has 0 radical (unpaired) electrons. The Kier molecular flexibility index (Phi) is 4.55. The third-order valence-corrected chi connectivity index (χ3v) is 1.29. The van der Waals surface area contributed by atoms with Crippen molar-refractivity contribution < 1.29 is 23.4 Å². The maximum atomic E-state index is 12.8. The highest BCUT2D eigenvalue weighted by Crippen LogP contribution is 2.21. The monoisotopic (exact) mass is 194 g/mol. The molecule has 0 saturated carbocycles. The summed E-state index contributed by atoms with van der Waals surface area (Å²) in [5.74, 6) is -5.58. The number of carbonyl (C=O) groups is 1.